The first kappa shape index (κ1) is 26.9. The maximum absolute atomic E-state index is 11.7. The van der Waals surface area contributed by atoms with Crippen molar-refractivity contribution in [1.82, 2.24) is 9.88 Å². The van der Waals surface area contributed by atoms with Crippen molar-refractivity contribution in [3.63, 3.8) is 0 Å². The summed E-state index contributed by atoms with van der Waals surface area (Å²) in [5.74, 6) is 0.800. The van der Waals surface area contributed by atoms with E-state index in [1.165, 1.54) is 0 Å². The maximum atomic E-state index is 11.7. The number of aliphatic hydroxyl groups is 2. The molecular weight excluding hydrogens is 496 g/mol. The van der Waals surface area contributed by atoms with Gasteiger partial charge in [-0.15, -0.1) is 0 Å². The molecule has 2 aliphatic rings. The first-order chi connectivity index (χ1) is 18.0. The van der Waals surface area contributed by atoms with Crippen LogP contribution in [0.5, 0.6) is 5.75 Å². The number of halogens is 1. The lowest BCUT2D eigenvalue weighted by atomic mass is 9.66. The minimum atomic E-state index is -0.954. The van der Waals surface area contributed by atoms with Crippen molar-refractivity contribution in [2.75, 3.05) is 19.6 Å². The van der Waals surface area contributed by atoms with Crippen molar-refractivity contribution in [2.24, 2.45) is 5.41 Å². The summed E-state index contributed by atoms with van der Waals surface area (Å²) < 4.78 is 6.14. The van der Waals surface area contributed by atoms with Gasteiger partial charge < -0.3 is 19.8 Å². The third-order valence-corrected chi connectivity index (χ3v) is 8.42. The van der Waals surface area contributed by atoms with Gasteiger partial charge in [0.2, 0.25) is 0 Å². The SMILES string of the molecule is CC(C)(O)c1ccc2c(c1)C(=CCCN1CC[C@](O)(c3ccc(Cl)cc3)C(C)(C)C1)c1cccnc1CO2. The summed E-state index contributed by atoms with van der Waals surface area (Å²) in [6, 6.07) is 17.6. The van der Waals surface area contributed by atoms with Crippen LogP contribution in [-0.4, -0.2) is 39.7 Å². The lowest BCUT2D eigenvalue weighted by Crippen LogP contribution is -2.55. The highest BCUT2D eigenvalue weighted by Gasteiger charge is 2.48. The molecule has 0 bridgehead atoms. The van der Waals surface area contributed by atoms with Crippen LogP contribution in [0.25, 0.3) is 5.57 Å². The van der Waals surface area contributed by atoms with Crippen molar-refractivity contribution in [1.29, 1.82) is 0 Å². The lowest BCUT2D eigenvalue weighted by molar-refractivity contribution is -0.125. The zero-order valence-corrected chi connectivity index (χ0v) is 23.4. The molecule has 3 heterocycles. The van der Waals surface area contributed by atoms with Gasteiger partial charge in [-0.3, -0.25) is 4.98 Å². The average Bonchev–Trinajstić information content (AvgIpc) is 3.02. The van der Waals surface area contributed by atoms with E-state index in [4.69, 9.17) is 16.3 Å². The van der Waals surface area contributed by atoms with Crippen molar-refractivity contribution in [3.05, 3.63) is 99.8 Å². The van der Waals surface area contributed by atoms with E-state index in [9.17, 15) is 10.2 Å². The van der Waals surface area contributed by atoms with Gasteiger partial charge in [0, 0.05) is 47.4 Å². The fourth-order valence-corrected chi connectivity index (χ4v) is 5.95. The molecule has 0 radical (unpaired) electrons. The number of hydrogen-bond donors (Lipinski definition) is 2. The summed E-state index contributed by atoms with van der Waals surface area (Å²) >= 11 is 6.10. The molecule has 200 valence electrons. The zero-order chi connectivity index (χ0) is 27.1. The van der Waals surface area contributed by atoms with Crippen LogP contribution >= 0.6 is 11.6 Å². The number of nitrogens with zero attached hydrogens (tertiary/aromatic N) is 2. The van der Waals surface area contributed by atoms with Crippen LogP contribution in [0.3, 0.4) is 0 Å². The number of likely N-dealkylation sites (tertiary alicyclic amines) is 1. The van der Waals surface area contributed by atoms with Gasteiger partial charge in [0.25, 0.3) is 0 Å². The molecular formula is C32H37ClN2O3. The number of hydrogen-bond acceptors (Lipinski definition) is 5. The molecule has 0 aliphatic carbocycles. The largest absolute Gasteiger partial charge is 0.487 e. The molecule has 1 fully saturated rings. The van der Waals surface area contributed by atoms with Gasteiger partial charge in [0.15, 0.2) is 0 Å². The number of rotatable bonds is 5. The number of benzene rings is 2. The molecule has 0 spiro atoms. The first-order valence-electron chi connectivity index (χ1n) is 13.3. The van der Waals surface area contributed by atoms with Crippen molar-refractivity contribution in [3.8, 4) is 5.75 Å². The van der Waals surface area contributed by atoms with Crippen LogP contribution in [0.2, 0.25) is 5.02 Å². The molecule has 0 saturated carbocycles. The Morgan fingerprint density at radius 2 is 1.87 bits per heavy atom. The summed E-state index contributed by atoms with van der Waals surface area (Å²) in [6.07, 6.45) is 5.58. The van der Waals surface area contributed by atoms with E-state index in [1.807, 2.05) is 48.5 Å². The van der Waals surface area contributed by atoms with Crippen LogP contribution in [0.1, 0.15) is 68.5 Å². The second kappa shape index (κ2) is 10.1. The van der Waals surface area contributed by atoms with Crippen LogP contribution in [0, 0.1) is 5.41 Å². The Kier molecular flexibility index (Phi) is 7.16. The highest BCUT2D eigenvalue weighted by atomic mass is 35.5. The van der Waals surface area contributed by atoms with Crippen LogP contribution in [-0.2, 0) is 17.8 Å². The molecule has 1 atom stereocenters. The molecule has 3 aromatic rings. The topological polar surface area (TPSA) is 65.8 Å². The van der Waals surface area contributed by atoms with E-state index in [0.717, 1.165) is 65.3 Å². The second-order valence-electron chi connectivity index (χ2n) is 11.7. The van der Waals surface area contributed by atoms with Crippen LogP contribution < -0.4 is 4.74 Å². The van der Waals surface area contributed by atoms with E-state index >= 15 is 0 Å². The molecule has 38 heavy (non-hydrogen) atoms. The summed E-state index contributed by atoms with van der Waals surface area (Å²) in [4.78, 5) is 7.03. The van der Waals surface area contributed by atoms with Crippen molar-refractivity contribution < 1.29 is 14.9 Å². The molecule has 5 rings (SSSR count). The molecule has 1 saturated heterocycles. The third-order valence-electron chi connectivity index (χ3n) is 8.16. The second-order valence-corrected chi connectivity index (χ2v) is 12.2. The highest BCUT2D eigenvalue weighted by molar-refractivity contribution is 6.30. The van der Waals surface area contributed by atoms with Crippen molar-refractivity contribution >= 4 is 17.2 Å². The Morgan fingerprint density at radius 1 is 1.11 bits per heavy atom. The third kappa shape index (κ3) is 5.13. The predicted molar refractivity (Wildman–Crippen MR) is 152 cm³/mol. The normalized spacial score (nSPS) is 22.3. The average molecular weight is 533 g/mol. The lowest BCUT2D eigenvalue weighted by Gasteiger charge is -2.50. The smallest absolute Gasteiger partial charge is 0.131 e. The van der Waals surface area contributed by atoms with E-state index in [-0.39, 0.29) is 5.41 Å². The molecule has 2 N–H and O–H groups in total. The number of pyridine rings is 1. The van der Waals surface area contributed by atoms with Gasteiger partial charge in [-0.05, 0) is 73.7 Å². The minimum absolute atomic E-state index is 0.326. The summed E-state index contributed by atoms with van der Waals surface area (Å²) in [7, 11) is 0. The quantitative estimate of drug-likeness (QED) is 0.404. The fraction of sp³-hybridized carbons (Fsp3) is 0.406. The molecule has 0 amide bonds. The molecule has 2 aliphatic heterocycles. The Morgan fingerprint density at radius 3 is 2.58 bits per heavy atom. The van der Waals surface area contributed by atoms with Gasteiger partial charge in [-0.1, -0.05) is 55.8 Å². The van der Waals surface area contributed by atoms with Gasteiger partial charge in [0.05, 0.1) is 16.9 Å². The monoisotopic (exact) mass is 532 g/mol. The number of ether oxygens (including phenoxy) is 1. The zero-order valence-electron chi connectivity index (χ0n) is 22.7. The summed E-state index contributed by atoms with van der Waals surface area (Å²) in [6.45, 7) is 10.8. The first-order valence-corrected chi connectivity index (χ1v) is 13.7. The fourth-order valence-electron chi connectivity index (χ4n) is 5.83. The van der Waals surface area contributed by atoms with Gasteiger partial charge in [-0.2, -0.15) is 0 Å². The van der Waals surface area contributed by atoms with E-state index in [1.54, 1.807) is 20.0 Å². The van der Waals surface area contributed by atoms with E-state index in [2.05, 4.69) is 35.9 Å². The Balaban J connectivity index is 1.39. The predicted octanol–water partition coefficient (Wildman–Crippen LogP) is 6.30. The number of aromatic nitrogens is 1. The standard InChI is InChI=1S/C32H37ClN2O3/c1-30(2)21-35(18-15-32(30,37)22-9-12-24(33)13-10-22)17-6-8-25-26-7-5-16-34-28(26)20-38-29-14-11-23(19-27(25)29)31(3,4)36/h5,7-14,16,19,36-37H,6,15,17-18,20-21H2,1-4H3/t32-/m0/s1. The Labute approximate surface area is 230 Å². The molecule has 2 aromatic carbocycles. The minimum Gasteiger partial charge on any atom is -0.487 e. The molecule has 1 aromatic heterocycles. The molecule has 0 unspecified atom stereocenters. The van der Waals surface area contributed by atoms with Crippen LogP contribution in [0.15, 0.2) is 66.9 Å². The number of fused-ring (bicyclic) bond motifs is 2. The van der Waals surface area contributed by atoms with E-state index in [0.29, 0.717) is 18.1 Å². The Bertz CT molecular complexity index is 1340. The molecule has 6 heteroatoms. The van der Waals surface area contributed by atoms with Crippen LogP contribution in [0.4, 0.5) is 0 Å². The molecule has 5 nitrogen and oxygen atoms in total. The van der Waals surface area contributed by atoms with Crippen molar-refractivity contribution in [2.45, 2.75) is 58.3 Å². The Hall–Kier alpha value is -2.70. The highest BCUT2D eigenvalue weighted by Crippen LogP contribution is 2.46. The maximum Gasteiger partial charge on any atom is 0.131 e. The summed E-state index contributed by atoms with van der Waals surface area (Å²) in [5.41, 5.74) is 3.63. The van der Waals surface area contributed by atoms with Gasteiger partial charge in [0.1, 0.15) is 12.4 Å². The number of piperidine rings is 1. The van der Waals surface area contributed by atoms with E-state index < -0.39 is 11.2 Å². The van der Waals surface area contributed by atoms with Gasteiger partial charge in [-0.25, -0.2) is 0 Å². The summed E-state index contributed by atoms with van der Waals surface area (Å²) in [5, 5.41) is 23.1. The van der Waals surface area contributed by atoms with Gasteiger partial charge >= 0.3 is 0 Å².